The number of nitrogens with zero attached hydrogens (tertiary/aromatic N) is 1. The van der Waals surface area contributed by atoms with Gasteiger partial charge in [-0.05, 0) is 35.9 Å². The number of amides is 1. The number of rotatable bonds is 7. The Hall–Kier alpha value is -3.68. The van der Waals surface area contributed by atoms with Gasteiger partial charge in [0.25, 0.3) is 12.4 Å². The number of halogens is 1. The molecule has 0 unspecified atom stereocenters. The maximum Gasteiger partial charge on any atom is 0.295 e. The average Bonchev–Trinajstić information content (AvgIpc) is 3.34. The molecule has 2 aromatic carbocycles. The van der Waals surface area contributed by atoms with Crippen molar-refractivity contribution in [3.05, 3.63) is 59.0 Å². The maximum atomic E-state index is 13.1. The average molecular weight is 395 g/mol. The van der Waals surface area contributed by atoms with Gasteiger partial charge >= 0.3 is 0 Å². The lowest BCUT2D eigenvalue weighted by Gasteiger charge is -2.16. The summed E-state index contributed by atoms with van der Waals surface area (Å²) in [6.07, 6.45) is 4.69. The number of hydrogen-bond acceptors (Lipinski definition) is 5. The topological polar surface area (TPSA) is 93.3 Å². The van der Waals surface area contributed by atoms with Crippen molar-refractivity contribution in [1.29, 1.82) is 0 Å². The fourth-order valence-electron chi connectivity index (χ4n) is 3.12. The second kappa shape index (κ2) is 7.38. The van der Waals surface area contributed by atoms with Crippen molar-refractivity contribution in [2.75, 3.05) is 7.11 Å². The summed E-state index contributed by atoms with van der Waals surface area (Å²) in [7, 11) is 1.47. The summed E-state index contributed by atoms with van der Waals surface area (Å²) in [5.74, 6) is -0.358. The molecule has 29 heavy (non-hydrogen) atoms. The minimum atomic E-state index is -0.930. The highest BCUT2D eigenvalue weighted by Gasteiger charge is 2.47. The number of aromatic amines is 1. The molecular formula is C21H18FN3O4. The van der Waals surface area contributed by atoms with Gasteiger partial charge in [0, 0.05) is 12.8 Å². The molecule has 4 rings (SSSR count). The van der Waals surface area contributed by atoms with E-state index < -0.39 is 11.6 Å². The highest BCUT2D eigenvalue weighted by atomic mass is 19.1. The number of carbonyl (C=O) groups excluding carboxylic acids is 2. The van der Waals surface area contributed by atoms with Gasteiger partial charge in [0.15, 0.2) is 5.72 Å². The van der Waals surface area contributed by atoms with Gasteiger partial charge in [-0.2, -0.15) is 5.10 Å². The van der Waals surface area contributed by atoms with Crippen LogP contribution in [0.2, 0.25) is 0 Å². The standard InChI is InChI=1S/C21H18FN3O4/c1-28-19-15(20(27)23-21(10-11-21)29-12-26)7-9-17-18(19)16(24-25-17)8-4-13-2-5-14(22)6-3-13/h2-9,12H,10-11H2,1H3,(H,23,27)(H,24,25). The lowest BCUT2D eigenvalue weighted by molar-refractivity contribution is -0.136. The fraction of sp³-hybridized carbons (Fsp3) is 0.190. The van der Waals surface area contributed by atoms with E-state index in [0.717, 1.165) is 5.56 Å². The van der Waals surface area contributed by atoms with Crippen molar-refractivity contribution in [2.24, 2.45) is 0 Å². The molecule has 0 spiro atoms. The van der Waals surface area contributed by atoms with Crippen LogP contribution in [0.25, 0.3) is 23.1 Å². The largest absolute Gasteiger partial charge is 0.495 e. The second-order valence-corrected chi connectivity index (χ2v) is 6.73. The minimum absolute atomic E-state index is 0.304. The van der Waals surface area contributed by atoms with E-state index in [2.05, 4.69) is 15.5 Å². The van der Waals surface area contributed by atoms with E-state index in [1.54, 1.807) is 36.4 Å². The Morgan fingerprint density at radius 3 is 2.62 bits per heavy atom. The van der Waals surface area contributed by atoms with Gasteiger partial charge in [-0.15, -0.1) is 0 Å². The first-order chi connectivity index (χ1) is 14.0. The summed E-state index contributed by atoms with van der Waals surface area (Å²) in [4.78, 5) is 23.4. The van der Waals surface area contributed by atoms with E-state index in [0.29, 0.717) is 47.2 Å². The van der Waals surface area contributed by atoms with Crippen molar-refractivity contribution >= 4 is 35.4 Å². The number of benzene rings is 2. The number of hydrogen-bond donors (Lipinski definition) is 2. The molecule has 1 saturated carbocycles. The number of H-pyrrole nitrogens is 1. The van der Waals surface area contributed by atoms with Crippen LogP contribution in [0, 0.1) is 5.82 Å². The van der Waals surface area contributed by atoms with Crippen LogP contribution in [0.4, 0.5) is 4.39 Å². The quantitative estimate of drug-likeness (QED) is 0.473. The predicted molar refractivity (Wildman–Crippen MR) is 105 cm³/mol. The molecule has 1 aliphatic rings. The van der Waals surface area contributed by atoms with Crippen molar-refractivity contribution in [1.82, 2.24) is 15.5 Å². The van der Waals surface area contributed by atoms with Crippen LogP contribution < -0.4 is 10.1 Å². The Bertz CT molecular complexity index is 1100. The minimum Gasteiger partial charge on any atom is -0.495 e. The van der Waals surface area contributed by atoms with Crippen LogP contribution >= 0.6 is 0 Å². The molecule has 1 aromatic heterocycles. The molecule has 8 heteroatoms. The lowest BCUT2D eigenvalue weighted by atomic mass is 10.1. The number of aromatic nitrogens is 2. The summed E-state index contributed by atoms with van der Waals surface area (Å²) in [5, 5.41) is 10.6. The van der Waals surface area contributed by atoms with Crippen molar-refractivity contribution < 1.29 is 23.5 Å². The molecule has 0 atom stereocenters. The van der Waals surface area contributed by atoms with Crippen LogP contribution in [0.1, 0.15) is 34.5 Å². The summed E-state index contributed by atoms with van der Waals surface area (Å²) in [6, 6.07) is 9.41. The van der Waals surface area contributed by atoms with Crippen LogP contribution in [0.3, 0.4) is 0 Å². The van der Waals surface area contributed by atoms with E-state index in [-0.39, 0.29) is 5.82 Å². The monoisotopic (exact) mass is 395 g/mol. The molecule has 2 N–H and O–H groups in total. The Kier molecular flexibility index (Phi) is 4.75. The normalized spacial score (nSPS) is 14.7. The zero-order chi connectivity index (χ0) is 20.4. The van der Waals surface area contributed by atoms with Crippen LogP contribution in [-0.4, -0.2) is 35.4 Å². The third kappa shape index (κ3) is 3.69. The van der Waals surface area contributed by atoms with E-state index >= 15 is 0 Å². The van der Waals surface area contributed by atoms with Crippen LogP contribution in [0.15, 0.2) is 36.4 Å². The summed E-state index contributed by atoms with van der Waals surface area (Å²) >= 11 is 0. The first kappa shape index (κ1) is 18.7. The van der Waals surface area contributed by atoms with Crippen molar-refractivity contribution in [3.8, 4) is 5.75 Å². The fourth-order valence-corrected chi connectivity index (χ4v) is 3.12. The van der Waals surface area contributed by atoms with Crippen LogP contribution in [-0.2, 0) is 9.53 Å². The van der Waals surface area contributed by atoms with Gasteiger partial charge in [0.1, 0.15) is 11.6 Å². The first-order valence-electron chi connectivity index (χ1n) is 8.98. The van der Waals surface area contributed by atoms with E-state index in [1.165, 1.54) is 19.2 Å². The molecule has 3 aromatic rings. The molecule has 0 bridgehead atoms. The number of fused-ring (bicyclic) bond motifs is 1. The zero-order valence-corrected chi connectivity index (χ0v) is 15.6. The van der Waals surface area contributed by atoms with E-state index in [9.17, 15) is 14.0 Å². The third-order valence-corrected chi connectivity index (χ3v) is 4.78. The molecule has 148 valence electrons. The Balaban J connectivity index is 1.69. The van der Waals surface area contributed by atoms with Crippen LogP contribution in [0.5, 0.6) is 5.75 Å². The molecule has 0 radical (unpaired) electrons. The number of methoxy groups -OCH3 is 1. The third-order valence-electron chi connectivity index (χ3n) is 4.78. The summed E-state index contributed by atoms with van der Waals surface area (Å²) < 4.78 is 23.6. The molecule has 0 aliphatic heterocycles. The van der Waals surface area contributed by atoms with Gasteiger partial charge in [-0.3, -0.25) is 14.7 Å². The van der Waals surface area contributed by atoms with Gasteiger partial charge in [0.05, 0.1) is 29.3 Å². The Morgan fingerprint density at radius 2 is 1.97 bits per heavy atom. The smallest absolute Gasteiger partial charge is 0.295 e. The number of nitrogens with one attached hydrogen (secondary N) is 2. The molecule has 1 aliphatic carbocycles. The Labute approximate surface area is 165 Å². The SMILES string of the molecule is COc1c(C(=O)NC2(OC=O)CC2)ccc2[nH]nc(C=Cc3ccc(F)cc3)c12. The van der Waals surface area contributed by atoms with Crippen molar-refractivity contribution in [3.63, 3.8) is 0 Å². The first-order valence-corrected chi connectivity index (χ1v) is 8.98. The molecule has 7 nitrogen and oxygen atoms in total. The van der Waals surface area contributed by atoms with Gasteiger partial charge in [-0.1, -0.05) is 18.2 Å². The lowest BCUT2D eigenvalue weighted by Crippen LogP contribution is -2.38. The van der Waals surface area contributed by atoms with Gasteiger partial charge in [-0.25, -0.2) is 4.39 Å². The maximum absolute atomic E-state index is 13.1. The predicted octanol–water partition coefficient (Wildman–Crippen LogP) is 3.27. The molecule has 1 amide bonds. The Morgan fingerprint density at radius 1 is 1.21 bits per heavy atom. The van der Waals surface area contributed by atoms with E-state index in [1.807, 2.05) is 0 Å². The second-order valence-electron chi connectivity index (χ2n) is 6.73. The number of carbonyl (C=O) groups is 2. The van der Waals surface area contributed by atoms with E-state index in [4.69, 9.17) is 9.47 Å². The summed E-state index contributed by atoms with van der Waals surface area (Å²) in [6.45, 7) is 0.335. The molecule has 0 saturated heterocycles. The molecule has 1 fully saturated rings. The number of ether oxygens (including phenoxy) is 2. The summed E-state index contributed by atoms with van der Waals surface area (Å²) in [5.41, 5.74) is 1.44. The highest BCUT2D eigenvalue weighted by molar-refractivity contribution is 6.05. The van der Waals surface area contributed by atoms with Gasteiger partial charge in [0.2, 0.25) is 0 Å². The highest BCUT2D eigenvalue weighted by Crippen LogP contribution is 2.38. The van der Waals surface area contributed by atoms with Crippen molar-refractivity contribution in [2.45, 2.75) is 18.6 Å². The van der Waals surface area contributed by atoms with Gasteiger partial charge < -0.3 is 14.8 Å². The molecular weight excluding hydrogens is 377 g/mol. The zero-order valence-electron chi connectivity index (χ0n) is 15.6. The molecule has 1 heterocycles.